The SMILES string of the molecule is O=C(O)c1ccc(F)c(NC(=O)C2CC(=O)N(CC(F)(F)F)C2)c1. The fourth-order valence-electron chi connectivity index (χ4n) is 2.31. The van der Waals surface area contributed by atoms with Gasteiger partial charge >= 0.3 is 12.1 Å². The summed E-state index contributed by atoms with van der Waals surface area (Å²) in [7, 11) is 0. The van der Waals surface area contributed by atoms with Gasteiger partial charge in [-0.2, -0.15) is 13.2 Å². The molecule has 0 aromatic heterocycles. The molecule has 1 atom stereocenters. The Morgan fingerprint density at radius 1 is 1.33 bits per heavy atom. The van der Waals surface area contributed by atoms with Crippen LogP contribution in [0.4, 0.5) is 23.2 Å². The molecule has 0 bridgehead atoms. The van der Waals surface area contributed by atoms with E-state index < -0.39 is 60.9 Å². The van der Waals surface area contributed by atoms with E-state index in [1.807, 2.05) is 0 Å². The minimum Gasteiger partial charge on any atom is -0.478 e. The molecule has 0 aliphatic carbocycles. The van der Waals surface area contributed by atoms with Crippen molar-refractivity contribution >= 4 is 23.5 Å². The highest BCUT2D eigenvalue weighted by atomic mass is 19.4. The standard InChI is InChI=1S/C14H12F4N2O4/c15-9-2-1-7(13(23)24)3-10(9)19-12(22)8-4-11(21)20(5-8)6-14(16,17)18/h1-3,8H,4-6H2,(H,19,22)(H,23,24). The molecule has 2 N–H and O–H groups in total. The molecule has 1 saturated heterocycles. The second-order valence-electron chi connectivity index (χ2n) is 5.28. The average molecular weight is 348 g/mol. The number of benzene rings is 1. The molecule has 1 unspecified atom stereocenters. The van der Waals surface area contributed by atoms with Crippen molar-refractivity contribution in [1.29, 1.82) is 0 Å². The predicted octanol–water partition coefficient (Wildman–Crippen LogP) is 1.87. The molecule has 2 rings (SSSR count). The average Bonchev–Trinajstić information content (AvgIpc) is 2.80. The van der Waals surface area contributed by atoms with E-state index in [4.69, 9.17) is 5.11 Å². The van der Waals surface area contributed by atoms with E-state index in [0.29, 0.717) is 4.90 Å². The summed E-state index contributed by atoms with van der Waals surface area (Å²) in [6.45, 7) is -1.90. The van der Waals surface area contributed by atoms with Gasteiger partial charge in [0, 0.05) is 13.0 Å². The summed E-state index contributed by atoms with van der Waals surface area (Å²) in [6.07, 6.45) is -5.01. The highest BCUT2D eigenvalue weighted by molar-refractivity contribution is 5.98. The fraction of sp³-hybridized carbons (Fsp3) is 0.357. The van der Waals surface area contributed by atoms with E-state index in [9.17, 15) is 31.9 Å². The molecular formula is C14H12F4N2O4. The first kappa shape index (κ1) is 17.7. The Bertz CT molecular complexity index is 690. The quantitative estimate of drug-likeness (QED) is 0.814. The van der Waals surface area contributed by atoms with Crippen LogP contribution >= 0.6 is 0 Å². The maximum atomic E-state index is 13.6. The molecule has 1 heterocycles. The summed E-state index contributed by atoms with van der Waals surface area (Å²) in [5.74, 6) is -4.99. The molecule has 1 aliphatic rings. The summed E-state index contributed by atoms with van der Waals surface area (Å²) in [5.41, 5.74) is -0.686. The van der Waals surface area contributed by atoms with Crippen LogP contribution in [-0.2, 0) is 9.59 Å². The van der Waals surface area contributed by atoms with Crippen LogP contribution in [-0.4, -0.2) is 47.1 Å². The summed E-state index contributed by atoms with van der Waals surface area (Å²) in [5, 5.41) is 10.9. The molecule has 1 fully saturated rings. The number of hydrogen-bond acceptors (Lipinski definition) is 3. The lowest BCUT2D eigenvalue weighted by atomic mass is 10.1. The molecule has 24 heavy (non-hydrogen) atoms. The van der Waals surface area contributed by atoms with Gasteiger partial charge < -0.3 is 15.3 Å². The monoisotopic (exact) mass is 348 g/mol. The third-order valence-corrected chi connectivity index (χ3v) is 3.43. The van der Waals surface area contributed by atoms with Gasteiger partial charge in [0.2, 0.25) is 11.8 Å². The first-order valence-corrected chi connectivity index (χ1v) is 6.75. The Balaban J connectivity index is 2.07. The van der Waals surface area contributed by atoms with E-state index >= 15 is 0 Å². The predicted molar refractivity (Wildman–Crippen MR) is 72.7 cm³/mol. The zero-order valence-electron chi connectivity index (χ0n) is 12.1. The van der Waals surface area contributed by atoms with Crippen LogP contribution in [0.25, 0.3) is 0 Å². The van der Waals surface area contributed by atoms with Gasteiger partial charge in [-0.1, -0.05) is 0 Å². The molecule has 0 radical (unpaired) electrons. The lowest BCUT2D eigenvalue weighted by molar-refractivity contribution is -0.157. The van der Waals surface area contributed by atoms with Gasteiger partial charge in [0.25, 0.3) is 0 Å². The van der Waals surface area contributed by atoms with Gasteiger partial charge in [-0.25, -0.2) is 9.18 Å². The first-order valence-electron chi connectivity index (χ1n) is 6.75. The molecule has 1 aliphatic heterocycles. The molecule has 130 valence electrons. The van der Waals surface area contributed by atoms with Crippen molar-refractivity contribution < 1.29 is 37.1 Å². The number of anilines is 1. The number of hydrogen-bond donors (Lipinski definition) is 2. The van der Waals surface area contributed by atoms with Crippen molar-refractivity contribution in [2.45, 2.75) is 12.6 Å². The van der Waals surface area contributed by atoms with Gasteiger partial charge in [0.05, 0.1) is 17.2 Å². The van der Waals surface area contributed by atoms with Gasteiger partial charge in [0.15, 0.2) is 0 Å². The van der Waals surface area contributed by atoms with E-state index in [-0.39, 0.29) is 5.56 Å². The lowest BCUT2D eigenvalue weighted by Gasteiger charge is -2.18. The molecule has 0 spiro atoms. The van der Waals surface area contributed by atoms with Crippen molar-refractivity contribution in [3.8, 4) is 0 Å². The van der Waals surface area contributed by atoms with Crippen LogP contribution in [0.3, 0.4) is 0 Å². The second kappa shape index (κ2) is 6.46. The van der Waals surface area contributed by atoms with Crippen molar-refractivity contribution in [2.24, 2.45) is 5.92 Å². The molecular weight excluding hydrogens is 336 g/mol. The molecule has 0 saturated carbocycles. The summed E-state index contributed by atoms with van der Waals surface area (Å²) in [6, 6.07) is 2.73. The van der Waals surface area contributed by atoms with Crippen LogP contribution < -0.4 is 5.32 Å². The minimum atomic E-state index is -4.58. The number of carboxylic acid groups (broad SMARTS) is 1. The molecule has 2 amide bonds. The van der Waals surface area contributed by atoms with Crippen molar-refractivity contribution in [2.75, 3.05) is 18.4 Å². The highest BCUT2D eigenvalue weighted by Gasteiger charge is 2.40. The van der Waals surface area contributed by atoms with Crippen molar-refractivity contribution in [3.05, 3.63) is 29.6 Å². The normalized spacial score (nSPS) is 17.9. The molecule has 1 aromatic rings. The number of likely N-dealkylation sites (tertiary alicyclic amines) is 1. The number of nitrogens with zero attached hydrogens (tertiary/aromatic N) is 1. The highest BCUT2D eigenvalue weighted by Crippen LogP contribution is 2.25. The summed E-state index contributed by atoms with van der Waals surface area (Å²) < 4.78 is 50.6. The Morgan fingerprint density at radius 2 is 2.00 bits per heavy atom. The number of carboxylic acids is 1. The summed E-state index contributed by atoms with van der Waals surface area (Å²) >= 11 is 0. The van der Waals surface area contributed by atoms with Crippen LogP contribution in [0.15, 0.2) is 18.2 Å². The Morgan fingerprint density at radius 3 is 2.58 bits per heavy atom. The number of carbonyl (C=O) groups is 3. The number of alkyl halides is 3. The smallest absolute Gasteiger partial charge is 0.406 e. The maximum absolute atomic E-state index is 13.6. The molecule has 1 aromatic carbocycles. The number of carbonyl (C=O) groups excluding carboxylic acids is 2. The van der Waals surface area contributed by atoms with E-state index in [1.54, 1.807) is 0 Å². The number of nitrogens with one attached hydrogen (secondary N) is 1. The van der Waals surface area contributed by atoms with Gasteiger partial charge in [-0.05, 0) is 18.2 Å². The third kappa shape index (κ3) is 4.21. The lowest BCUT2D eigenvalue weighted by Crippen LogP contribution is -2.36. The van der Waals surface area contributed by atoms with E-state index in [1.165, 1.54) is 0 Å². The van der Waals surface area contributed by atoms with E-state index in [2.05, 4.69) is 5.32 Å². The van der Waals surface area contributed by atoms with Crippen molar-refractivity contribution in [1.82, 2.24) is 4.90 Å². The van der Waals surface area contributed by atoms with Crippen LogP contribution in [0.5, 0.6) is 0 Å². The van der Waals surface area contributed by atoms with Crippen LogP contribution in [0.2, 0.25) is 0 Å². The first-order chi connectivity index (χ1) is 11.1. The fourth-order valence-corrected chi connectivity index (χ4v) is 2.31. The largest absolute Gasteiger partial charge is 0.478 e. The molecule has 6 nitrogen and oxygen atoms in total. The molecule has 10 heteroatoms. The number of halogens is 4. The summed E-state index contributed by atoms with van der Waals surface area (Å²) in [4.78, 5) is 34.9. The van der Waals surface area contributed by atoms with Crippen molar-refractivity contribution in [3.63, 3.8) is 0 Å². The van der Waals surface area contributed by atoms with Crippen LogP contribution in [0.1, 0.15) is 16.8 Å². The minimum absolute atomic E-state index is 0.270. The maximum Gasteiger partial charge on any atom is 0.406 e. The number of aromatic carboxylic acids is 1. The van der Waals surface area contributed by atoms with Gasteiger partial charge in [-0.15, -0.1) is 0 Å². The van der Waals surface area contributed by atoms with Gasteiger partial charge in [0.1, 0.15) is 12.4 Å². The number of rotatable bonds is 4. The third-order valence-electron chi connectivity index (χ3n) is 3.43. The second-order valence-corrected chi connectivity index (χ2v) is 5.28. The van der Waals surface area contributed by atoms with E-state index in [0.717, 1.165) is 18.2 Å². The van der Waals surface area contributed by atoms with Gasteiger partial charge in [-0.3, -0.25) is 9.59 Å². The Hall–Kier alpha value is -2.65. The Labute approximate surface area is 133 Å². The Kier molecular flexibility index (Phi) is 4.76. The van der Waals surface area contributed by atoms with Crippen LogP contribution in [0, 0.1) is 11.7 Å². The zero-order valence-corrected chi connectivity index (χ0v) is 12.1. The topological polar surface area (TPSA) is 86.7 Å². The zero-order chi connectivity index (χ0) is 18.1. The number of amides is 2.